The predicted molar refractivity (Wildman–Crippen MR) is 153 cm³/mol. The number of tetrazole rings is 1. The number of aromatic amines is 1. The number of nitrogens with zero attached hydrogens (tertiary/aromatic N) is 6. The molecule has 1 aliphatic rings. The normalized spacial score (nSPS) is 14.8. The third kappa shape index (κ3) is 5.13. The molecule has 0 bridgehead atoms. The molecule has 2 aromatic heterocycles. The van der Waals surface area contributed by atoms with Crippen LogP contribution in [0, 0.1) is 0 Å². The van der Waals surface area contributed by atoms with Gasteiger partial charge in [-0.25, -0.2) is 4.68 Å². The fourth-order valence-electron chi connectivity index (χ4n) is 5.34. The summed E-state index contributed by atoms with van der Waals surface area (Å²) >= 11 is 0. The van der Waals surface area contributed by atoms with Gasteiger partial charge in [0.15, 0.2) is 5.82 Å². The van der Waals surface area contributed by atoms with Crippen molar-refractivity contribution in [3.8, 4) is 11.5 Å². The summed E-state index contributed by atoms with van der Waals surface area (Å²) in [5, 5.41) is 13.7. The Morgan fingerprint density at radius 2 is 1.60 bits per heavy atom. The lowest BCUT2D eigenvalue weighted by molar-refractivity contribution is 0.200. The molecule has 1 atom stereocenters. The van der Waals surface area contributed by atoms with Gasteiger partial charge in [-0.3, -0.25) is 9.69 Å². The molecule has 10 nitrogen and oxygen atoms in total. The molecular weight excluding hydrogens is 506 g/mol. The van der Waals surface area contributed by atoms with Crippen LogP contribution in [-0.4, -0.2) is 70.5 Å². The first-order valence-electron chi connectivity index (χ1n) is 13.3. The largest absolute Gasteiger partial charge is 0.497 e. The number of nitrogens with one attached hydrogen (secondary N) is 1. The number of aromatic nitrogens is 5. The van der Waals surface area contributed by atoms with Crippen LogP contribution in [0.4, 0.5) is 5.69 Å². The van der Waals surface area contributed by atoms with Gasteiger partial charge < -0.3 is 19.4 Å². The van der Waals surface area contributed by atoms with Crippen molar-refractivity contribution in [1.82, 2.24) is 30.1 Å². The van der Waals surface area contributed by atoms with Gasteiger partial charge in [0.1, 0.15) is 17.5 Å². The van der Waals surface area contributed by atoms with E-state index in [2.05, 4.69) is 42.4 Å². The molecule has 10 heteroatoms. The second-order valence-corrected chi connectivity index (χ2v) is 9.81. The monoisotopic (exact) mass is 537 g/mol. The molecule has 0 aliphatic carbocycles. The maximum atomic E-state index is 13.6. The van der Waals surface area contributed by atoms with E-state index < -0.39 is 6.04 Å². The minimum Gasteiger partial charge on any atom is -0.497 e. The summed E-state index contributed by atoms with van der Waals surface area (Å²) in [6.07, 6.45) is 0. The van der Waals surface area contributed by atoms with Crippen LogP contribution in [0.15, 0.2) is 83.7 Å². The lowest BCUT2D eigenvalue weighted by Crippen LogP contribution is -2.49. The van der Waals surface area contributed by atoms with Crippen LogP contribution >= 0.6 is 0 Å². The SMILES string of the molecule is COc1ccc(N2CCN(C(c3cc4cc(OC)ccc4[nH]c3=O)c3nnnn3Cc3ccccc3)CC2)cc1. The molecule has 3 heterocycles. The lowest BCUT2D eigenvalue weighted by Gasteiger charge is -2.39. The Balaban J connectivity index is 1.37. The highest BCUT2D eigenvalue weighted by molar-refractivity contribution is 5.80. The summed E-state index contributed by atoms with van der Waals surface area (Å²) in [6, 6.07) is 25.3. The van der Waals surface area contributed by atoms with Crippen molar-refractivity contribution in [3.63, 3.8) is 0 Å². The van der Waals surface area contributed by atoms with Crippen molar-refractivity contribution in [2.24, 2.45) is 0 Å². The van der Waals surface area contributed by atoms with E-state index >= 15 is 0 Å². The minimum absolute atomic E-state index is 0.158. The average molecular weight is 538 g/mol. The summed E-state index contributed by atoms with van der Waals surface area (Å²) < 4.78 is 12.6. The zero-order chi connectivity index (χ0) is 27.5. The first kappa shape index (κ1) is 25.6. The quantitative estimate of drug-likeness (QED) is 0.321. The Morgan fingerprint density at radius 3 is 2.33 bits per heavy atom. The lowest BCUT2D eigenvalue weighted by atomic mass is 10.0. The smallest absolute Gasteiger partial charge is 0.253 e. The molecule has 1 N–H and O–H groups in total. The van der Waals surface area contributed by atoms with Gasteiger partial charge in [-0.2, -0.15) is 0 Å². The number of anilines is 1. The van der Waals surface area contributed by atoms with Gasteiger partial charge in [0, 0.05) is 48.3 Å². The first-order valence-corrected chi connectivity index (χ1v) is 13.3. The summed E-state index contributed by atoms with van der Waals surface area (Å²) in [5.74, 6) is 2.19. The molecular formula is C30H31N7O3. The maximum Gasteiger partial charge on any atom is 0.253 e. The number of piperazine rings is 1. The zero-order valence-corrected chi connectivity index (χ0v) is 22.5. The van der Waals surface area contributed by atoms with Gasteiger partial charge in [-0.1, -0.05) is 30.3 Å². The van der Waals surface area contributed by atoms with Crippen LogP contribution in [0.25, 0.3) is 10.9 Å². The summed E-state index contributed by atoms with van der Waals surface area (Å²) in [7, 11) is 3.31. The van der Waals surface area contributed by atoms with Crippen LogP contribution in [-0.2, 0) is 6.54 Å². The Morgan fingerprint density at radius 1 is 0.875 bits per heavy atom. The molecule has 1 fully saturated rings. The third-order valence-corrected chi connectivity index (χ3v) is 7.47. The van der Waals surface area contributed by atoms with Crippen molar-refractivity contribution >= 4 is 16.6 Å². The maximum absolute atomic E-state index is 13.6. The fourth-order valence-corrected chi connectivity index (χ4v) is 5.34. The molecule has 0 spiro atoms. The van der Waals surface area contributed by atoms with E-state index in [9.17, 15) is 4.79 Å². The number of fused-ring (bicyclic) bond motifs is 1. The molecule has 5 aromatic rings. The van der Waals surface area contributed by atoms with Crippen LogP contribution in [0.1, 0.15) is 23.0 Å². The molecule has 1 saturated heterocycles. The molecule has 0 amide bonds. The Hall–Kier alpha value is -4.70. The van der Waals surface area contributed by atoms with Crippen LogP contribution in [0.2, 0.25) is 0 Å². The van der Waals surface area contributed by atoms with Gasteiger partial charge in [0.25, 0.3) is 5.56 Å². The van der Waals surface area contributed by atoms with E-state index in [1.807, 2.05) is 66.7 Å². The molecule has 0 radical (unpaired) electrons. The first-order chi connectivity index (χ1) is 19.6. The second kappa shape index (κ2) is 11.2. The van der Waals surface area contributed by atoms with E-state index in [1.54, 1.807) is 18.9 Å². The van der Waals surface area contributed by atoms with Gasteiger partial charge in [-0.15, -0.1) is 5.10 Å². The standard InChI is InChI=1S/C30H31N7O3/c1-39-24-10-8-23(9-11-24)35-14-16-36(17-15-35)28(29-32-33-34-37(29)20-21-6-4-3-5-7-21)26-19-22-18-25(40-2)12-13-27(22)31-30(26)38/h3-13,18-19,28H,14-17,20H2,1-2H3,(H,31,38). The van der Waals surface area contributed by atoms with E-state index in [0.29, 0.717) is 17.9 Å². The Bertz CT molecular complexity index is 1640. The molecule has 204 valence electrons. The number of ether oxygens (including phenoxy) is 2. The van der Waals surface area contributed by atoms with E-state index in [-0.39, 0.29) is 5.56 Å². The summed E-state index contributed by atoms with van der Waals surface area (Å²) in [4.78, 5) is 21.3. The number of rotatable bonds is 8. The highest BCUT2D eigenvalue weighted by atomic mass is 16.5. The minimum atomic E-state index is -0.434. The van der Waals surface area contributed by atoms with Crippen molar-refractivity contribution in [1.29, 1.82) is 0 Å². The van der Waals surface area contributed by atoms with Crippen LogP contribution in [0.3, 0.4) is 0 Å². The van der Waals surface area contributed by atoms with Crippen molar-refractivity contribution in [3.05, 3.63) is 106 Å². The number of benzene rings is 3. The number of hydrogen-bond donors (Lipinski definition) is 1. The second-order valence-electron chi connectivity index (χ2n) is 9.81. The highest BCUT2D eigenvalue weighted by Gasteiger charge is 2.33. The molecule has 0 saturated carbocycles. The van der Waals surface area contributed by atoms with Crippen LogP contribution in [0.5, 0.6) is 11.5 Å². The van der Waals surface area contributed by atoms with E-state index in [1.165, 1.54) is 0 Å². The number of hydrogen-bond acceptors (Lipinski definition) is 8. The van der Waals surface area contributed by atoms with Crippen molar-refractivity contribution in [2.45, 2.75) is 12.6 Å². The van der Waals surface area contributed by atoms with Gasteiger partial charge in [0.2, 0.25) is 0 Å². The average Bonchev–Trinajstić information content (AvgIpc) is 3.45. The van der Waals surface area contributed by atoms with Crippen molar-refractivity contribution < 1.29 is 9.47 Å². The number of pyridine rings is 1. The topological polar surface area (TPSA) is 101 Å². The molecule has 1 unspecified atom stereocenters. The molecule has 40 heavy (non-hydrogen) atoms. The highest BCUT2D eigenvalue weighted by Crippen LogP contribution is 2.30. The zero-order valence-electron chi connectivity index (χ0n) is 22.5. The predicted octanol–water partition coefficient (Wildman–Crippen LogP) is 3.49. The van der Waals surface area contributed by atoms with Gasteiger partial charge in [0.05, 0.1) is 20.8 Å². The summed E-state index contributed by atoms with van der Waals surface area (Å²) in [6.45, 7) is 3.55. The molecule has 1 aliphatic heterocycles. The number of H-pyrrole nitrogens is 1. The third-order valence-electron chi connectivity index (χ3n) is 7.47. The fraction of sp³-hybridized carbons (Fsp3) is 0.267. The summed E-state index contributed by atoms with van der Waals surface area (Å²) in [5.41, 5.74) is 3.41. The van der Waals surface area contributed by atoms with Gasteiger partial charge >= 0.3 is 0 Å². The van der Waals surface area contributed by atoms with E-state index in [0.717, 1.165) is 59.8 Å². The molecule has 6 rings (SSSR count). The van der Waals surface area contributed by atoms with E-state index in [4.69, 9.17) is 9.47 Å². The van der Waals surface area contributed by atoms with Crippen molar-refractivity contribution in [2.75, 3.05) is 45.3 Å². The van der Waals surface area contributed by atoms with Gasteiger partial charge in [-0.05, 0) is 64.5 Å². The van der Waals surface area contributed by atoms with Crippen LogP contribution < -0.4 is 19.9 Å². The Kier molecular flexibility index (Phi) is 7.15. The molecule has 3 aromatic carbocycles. The Labute approximate surface area is 231 Å². The number of methoxy groups -OCH3 is 2.